The van der Waals surface area contributed by atoms with Crippen LogP contribution in [0, 0.1) is 0 Å². The summed E-state index contributed by atoms with van der Waals surface area (Å²) in [7, 11) is 3.83. The molecular weight excluding hydrogens is 228 g/mol. The minimum Gasteiger partial charge on any atom is -0.392 e. The molecule has 0 unspecified atom stereocenters. The minimum atomic E-state index is -0.103. The van der Waals surface area contributed by atoms with Gasteiger partial charge in [-0.3, -0.25) is 4.79 Å². The van der Waals surface area contributed by atoms with Gasteiger partial charge >= 0.3 is 0 Å². The summed E-state index contributed by atoms with van der Waals surface area (Å²) in [5.41, 5.74) is 3.36. The Morgan fingerprint density at radius 1 is 1.39 bits per heavy atom. The van der Waals surface area contributed by atoms with Gasteiger partial charge in [0.1, 0.15) is 0 Å². The van der Waals surface area contributed by atoms with E-state index in [9.17, 15) is 9.90 Å². The van der Waals surface area contributed by atoms with Gasteiger partial charge in [-0.2, -0.15) is 0 Å². The molecule has 98 valence electrons. The fraction of sp³-hybridized carbons (Fsp3) is 0.500. The molecule has 4 heteroatoms. The molecule has 0 radical (unpaired) electrons. The molecule has 2 rings (SSSR count). The first-order chi connectivity index (χ1) is 8.47. The molecule has 0 atom stereocenters. The van der Waals surface area contributed by atoms with Gasteiger partial charge in [0, 0.05) is 37.9 Å². The maximum absolute atomic E-state index is 12.4. The van der Waals surface area contributed by atoms with Crippen molar-refractivity contribution in [3.63, 3.8) is 0 Å². The van der Waals surface area contributed by atoms with E-state index in [4.69, 9.17) is 0 Å². The second-order valence-corrected chi connectivity index (χ2v) is 5.18. The van der Waals surface area contributed by atoms with Gasteiger partial charge < -0.3 is 14.9 Å². The smallest absolute Gasteiger partial charge is 0.255 e. The molecule has 0 saturated carbocycles. The summed E-state index contributed by atoms with van der Waals surface area (Å²) in [6.07, 6.45) is 0. The summed E-state index contributed by atoms with van der Waals surface area (Å²) in [5.74, 6) is 0.0350. The van der Waals surface area contributed by atoms with E-state index in [1.54, 1.807) is 0 Å². The van der Waals surface area contributed by atoms with Crippen LogP contribution >= 0.6 is 0 Å². The lowest BCUT2D eigenvalue weighted by molar-refractivity contribution is 0.0728. The van der Waals surface area contributed by atoms with Gasteiger partial charge in [0.05, 0.1) is 12.2 Å². The summed E-state index contributed by atoms with van der Waals surface area (Å²) < 4.78 is 0. The van der Waals surface area contributed by atoms with Crippen molar-refractivity contribution in [2.75, 3.05) is 19.0 Å². The van der Waals surface area contributed by atoms with Gasteiger partial charge in [-0.15, -0.1) is 0 Å². The fourth-order valence-electron chi connectivity index (χ4n) is 2.48. The Kier molecular flexibility index (Phi) is 3.30. The van der Waals surface area contributed by atoms with Crippen molar-refractivity contribution < 1.29 is 9.90 Å². The predicted molar refractivity (Wildman–Crippen MR) is 71.7 cm³/mol. The number of fused-ring (bicyclic) bond motifs is 1. The number of rotatable bonds is 3. The molecular formula is C14H20N2O2. The van der Waals surface area contributed by atoms with E-state index in [0.29, 0.717) is 12.1 Å². The van der Waals surface area contributed by atoms with Crippen LogP contribution in [0.2, 0.25) is 0 Å². The highest BCUT2D eigenvalue weighted by atomic mass is 16.3. The van der Waals surface area contributed by atoms with E-state index >= 15 is 0 Å². The molecule has 0 fully saturated rings. The van der Waals surface area contributed by atoms with Crippen molar-refractivity contribution in [2.24, 2.45) is 0 Å². The van der Waals surface area contributed by atoms with Crippen LogP contribution in [0.5, 0.6) is 0 Å². The molecule has 1 N–H and O–H groups in total. The standard InChI is InChI=1S/C14H20N2O2/c1-9(2)16-7-10-5-6-12(15(3)4)11(8-17)13(10)14(16)18/h5-6,9,17H,7-8H2,1-4H3. The van der Waals surface area contributed by atoms with E-state index in [2.05, 4.69) is 0 Å². The summed E-state index contributed by atoms with van der Waals surface area (Å²) >= 11 is 0. The molecule has 1 heterocycles. The van der Waals surface area contributed by atoms with Crippen molar-refractivity contribution in [1.29, 1.82) is 0 Å². The quantitative estimate of drug-likeness (QED) is 0.883. The highest BCUT2D eigenvalue weighted by Crippen LogP contribution is 2.33. The molecule has 0 aliphatic carbocycles. The molecule has 18 heavy (non-hydrogen) atoms. The monoisotopic (exact) mass is 248 g/mol. The SMILES string of the molecule is CC(C)N1Cc2ccc(N(C)C)c(CO)c2C1=O. The number of hydrogen-bond donors (Lipinski definition) is 1. The van der Waals surface area contributed by atoms with Gasteiger partial charge in [-0.25, -0.2) is 0 Å². The third-order valence-corrected chi connectivity index (χ3v) is 3.45. The fourth-order valence-corrected chi connectivity index (χ4v) is 2.48. The Morgan fingerprint density at radius 2 is 2.06 bits per heavy atom. The third kappa shape index (κ3) is 1.86. The molecule has 0 spiro atoms. The van der Waals surface area contributed by atoms with Crippen molar-refractivity contribution in [1.82, 2.24) is 4.90 Å². The van der Waals surface area contributed by atoms with Crippen LogP contribution < -0.4 is 4.90 Å². The maximum Gasteiger partial charge on any atom is 0.255 e. The van der Waals surface area contributed by atoms with Crippen molar-refractivity contribution in [3.8, 4) is 0 Å². The Labute approximate surface area is 108 Å². The van der Waals surface area contributed by atoms with Crippen molar-refractivity contribution in [2.45, 2.75) is 33.0 Å². The van der Waals surface area contributed by atoms with E-state index < -0.39 is 0 Å². The zero-order valence-corrected chi connectivity index (χ0v) is 11.4. The van der Waals surface area contributed by atoms with Crippen LogP contribution in [0.25, 0.3) is 0 Å². The first-order valence-electron chi connectivity index (χ1n) is 6.21. The largest absolute Gasteiger partial charge is 0.392 e. The minimum absolute atomic E-state index is 0.0350. The zero-order valence-electron chi connectivity index (χ0n) is 11.4. The number of hydrogen-bond acceptors (Lipinski definition) is 3. The molecule has 4 nitrogen and oxygen atoms in total. The van der Waals surface area contributed by atoms with E-state index in [1.165, 1.54) is 0 Å². The first kappa shape index (κ1) is 12.9. The molecule has 1 aliphatic heterocycles. The van der Waals surface area contributed by atoms with Crippen LogP contribution in [-0.2, 0) is 13.2 Å². The highest BCUT2D eigenvalue weighted by Gasteiger charge is 2.32. The third-order valence-electron chi connectivity index (χ3n) is 3.45. The van der Waals surface area contributed by atoms with Gasteiger partial charge in [-0.05, 0) is 25.5 Å². The van der Waals surface area contributed by atoms with E-state index in [0.717, 1.165) is 16.8 Å². The lowest BCUT2D eigenvalue weighted by Gasteiger charge is -2.20. The van der Waals surface area contributed by atoms with Crippen LogP contribution in [0.3, 0.4) is 0 Å². The number of aliphatic hydroxyl groups is 1. The summed E-state index contributed by atoms with van der Waals surface area (Å²) in [4.78, 5) is 16.2. The number of nitrogens with zero attached hydrogens (tertiary/aromatic N) is 2. The number of anilines is 1. The second kappa shape index (κ2) is 4.61. The normalized spacial score (nSPS) is 14.3. The first-order valence-corrected chi connectivity index (χ1v) is 6.21. The van der Waals surface area contributed by atoms with Gasteiger partial charge in [0.25, 0.3) is 5.91 Å². The second-order valence-electron chi connectivity index (χ2n) is 5.18. The molecule has 1 aliphatic rings. The lowest BCUT2D eigenvalue weighted by atomic mass is 10.0. The van der Waals surface area contributed by atoms with Crippen LogP contribution in [0.4, 0.5) is 5.69 Å². The number of amides is 1. The van der Waals surface area contributed by atoms with Gasteiger partial charge in [0.2, 0.25) is 0 Å². The Morgan fingerprint density at radius 3 is 2.56 bits per heavy atom. The van der Waals surface area contributed by atoms with Crippen LogP contribution in [-0.4, -0.2) is 36.1 Å². The van der Waals surface area contributed by atoms with Crippen molar-refractivity contribution >= 4 is 11.6 Å². The molecule has 0 aromatic heterocycles. The van der Waals surface area contributed by atoms with E-state index in [1.807, 2.05) is 49.9 Å². The molecule has 0 saturated heterocycles. The molecule has 1 aromatic rings. The summed E-state index contributed by atoms with van der Waals surface area (Å²) in [6, 6.07) is 4.14. The number of aliphatic hydroxyl groups excluding tert-OH is 1. The summed E-state index contributed by atoms with van der Waals surface area (Å²) in [5, 5.41) is 9.58. The van der Waals surface area contributed by atoms with Crippen LogP contribution in [0.1, 0.15) is 35.3 Å². The zero-order chi connectivity index (χ0) is 13.4. The van der Waals surface area contributed by atoms with Gasteiger partial charge in [0.15, 0.2) is 0 Å². The average molecular weight is 248 g/mol. The highest BCUT2D eigenvalue weighted by molar-refractivity contribution is 6.01. The maximum atomic E-state index is 12.4. The molecule has 1 amide bonds. The van der Waals surface area contributed by atoms with Crippen molar-refractivity contribution in [3.05, 3.63) is 28.8 Å². The lowest BCUT2D eigenvalue weighted by Crippen LogP contribution is -2.31. The molecule has 0 bridgehead atoms. The number of benzene rings is 1. The topological polar surface area (TPSA) is 43.8 Å². The van der Waals surface area contributed by atoms with Crippen LogP contribution in [0.15, 0.2) is 12.1 Å². The number of carbonyl (C=O) groups is 1. The predicted octanol–water partition coefficient (Wildman–Crippen LogP) is 1.61. The molecule has 1 aromatic carbocycles. The Balaban J connectivity index is 2.55. The van der Waals surface area contributed by atoms with E-state index in [-0.39, 0.29) is 18.6 Å². The van der Waals surface area contributed by atoms with Gasteiger partial charge in [-0.1, -0.05) is 6.07 Å². The average Bonchev–Trinajstić information content (AvgIpc) is 2.65. The Bertz CT molecular complexity index is 481. The Hall–Kier alpha value is -1.55. The number of carbonyl (C=O) groups excluding carboxylic acids is 1. The summed E-state index contributed by atoms with van der Waals surface area (Å²) in [6.45, 7) is 4.56.